The van der Waals surface area contributed by atoms with Crippen LogP contribution < -0.4 is 20.1 Å². The van der Waals surface area contributed by atoms with E-state index in [1.165, 1.54) is 0 Å². The average molecular weight is 418 g/mol. The second kappa shape index (κ2) is 9.40. The van der Waals surface area contributed by atoms with Crippen LogP contribution in [-0.2, 0) is 14.8 Å². The van der Waals surface area contributed by atoms with E-state index >= 15 is 0 Å². The lowest BCUT2D eigenvalue weighted by atomic mass is 10.2. The third kappa shape index (κ3) is 7.36. The number of benzene rings is 1. The van der Waals surface area contributed by atoms with Gasteiger partial charge in [0.1, 0.15) is 5.75 Å². The number of amides is 1. The lowest BCUT2D eigenvalue weighted by Crippen LogP contribution is -2.38. The summed E-state index contributed by atoms with van der Waals surface area (Å²) in [6.07, 6.45) is -4.06. The van der Waals surface area contributed by atoms with E-state index in [0.29, 0.717) is 6.54 Å². The first kappa shape index (κ1) is 22.5. The van der Waals surface area contributed by atoms with Crippen molar-refractivity contribution in [3.8, 4) is 5.75 Å². The van der Waals surface area contributed by atoms with Crippen LogP contribution in [0.25, 0.3) is 0 Å². The van der Waals surface area contributed by atoms with Crippen molar-refractivity contribution in [2.75, 3.05) is 19.6 Å². The summed E-state index contributed by atoms with van der Waals surface area (Å²) in [4.78, 5) is 11.5. The van der Waals surface area contributed by atoms with E-state index < -0.39 is 22.1 Å². The number of nitrogens with one attached hydrogen (secondary N) is 3. The van der Waals surface area contributed by atoms with Crippen molar-refractivity contribution in [1.29, 1.82) is 0 Å². The van der Waals surface area contributed by atoms with Crippen molar-refractivity contribution >= 4 is 28.3 Å². The van der Waals surface area contributed by atoms with Crippen LogP contribution >= 0.6 is 12.4 Å². The Hall–Kier alpha value is -1.56. The Bertz CT molecular complexity index is 692. The summed E-state index contributed by atoms with van der Waals surface area (Å²) < 4.78 is 66.2. The van der Waals surface area contributed by atoms with Gasteiger partial charge in [-0.05, 0) is 37.2 Å². The summed E-state index contributed by atoms with van der Waals surface area (Å²) >= 11 is 0. The first-order chi connectivity index (χ1) is 11.7. The minimum atomic E-state index is -4.85. The lowest BCUT2D eigenvalue weighted by molar-refractivity contribution is -0.274. The zero-order chi connectivity index (χ0) is 18.5. The fraction of sp³-hybridized carbons (Fsp3) is 0.500. The topological polar surface area (TPSA) is 96.5 Å². The zero-order valence-corrected chi connectivity index (χ0v) is 15.1. The monoisotopic (exact) mass is 417 g/mol. The SMILES string of the molecule is Cl.O=C(CCNS(=O)(=O)c1ccc(OC(F)(F)F)cc1)NC1CCNC1. The number of alkyl halides is 3. The van der Waals surface area contributed by atoms with Crippen molar-refractivity contribution in [2.24, 2.45) is 0 Å². The van der Waals surface area contributed by atoms with Gasteiger partial charge in [-0.2, -0.15) is 0 Å². The van der Waals surface area contributed by atoms with E-state index in [-0.39, 0.29) is 42.2 Å². The standard InChI is InChI=1S/C14H18F3N3O4S.ClH/c15-14(16,17)24-11-1-3-12(4-2-11)25(22,23)19-8-6-13(21)20-10-5-7-18-9-10;/h1-4,10,18-19H,5-9H2,(H,20,21);1H. The van der Waals surface area contributed by atoms with Gasteiger partial charge in [-0.1, -0.05) is 0 Å². The maximum Gasteiger partial charge on any atom is 0.573 e. The molecule has 12 heteroatoms. The Balaban J connectivity index is 0.00000338. The van der Waals surface area contributed by atoms with Crippen LogP contribution in [-0.4, -0.2) is 46.4 Å². The van der Waals surface area contributed by atoms with Crippen LogP contribution in [0.4, 0.5) is 13.2 Å². The first-order valence-electron chi connectivity index (χ1n) is 7.51. The molecule has 0 aromatic heterocycles. The number of sulfonamides is 1. The molecule has 0 aliphatic carbocycles. The van der Waals surface area contributed by atoms with Gasteiger partial charge < -0.3 is 15.4 Å². The highest BCUT2D eigenvalue weighted by molar-refractivity contribution is 7.89. The first-order valence-corrected chi connectivity index (χ1v) is 8.99. The molecule has 1 aliphatic rings. The van der Waals surface area contributed by atoms with Gasteiger partial charge in [-0.3, -0.25) is 4.79 Å². The largest absolute Gasteiger partial charge is 0.573 e. The van der Waals surface area contributed by atoms with E-state index in [2.05, 4.69) is 20.1 Å². The lowest BCUT2D eigenvalue weighted by Gasteiger charge is -2.12. The Kier molecular flexibility index (Phi) is 8.13. The molecule has 0 spiro atoms. The maximum atomic E-state index is 12.1. The van der Waals surface area contributed by atoms with Gasteiger partial charge in [0, 0.05) is 25.6 Å². The molecule has 0 bridgehead atoms. The molecule has 0 radical (unpaired) electrons. The van der Waals surface area contributed by atoms with E-state index in [1.54, 1.807) is 0 Å². The molecular formula is C14H19ClF3N3O4S. The average Bonchev–Trinajstić information content (AvgIpc) is 2.98. The quantitative estimate of drug-likeness (QED) is 0.618. The molecule has 1 heterocycles. The van der Waals surface area contributed by atoms with Crippen LogP contribution in [0, 0.1) is 0 Å². The summed E-state index contributed by atoms with van der Waals surface area (Å²) in [7, 11) is -3.92. The summed E-state index contributed by atoms with van der Waals surface area (Å²) in [5, 5.41) is 5.87. The van der Waals surface area contributed by atoms with E-state index in [1.807, 2.05) is 0 Å². The fourth-order valence-corrected chi connectivity index (χ4v) is 3.31. The molecule has 1 saturated heterocycles. The van der Waals surface area contributed by atoms with Gasteiger partial charge >= 0.3 is 6.36 Å². The van der Waals surface area contributed by atoms with Crippen LogP contribution in [0.2, 0.25) is 0 Å². The van der Waals surface area contributed by atoms with E-state index in [4.69, 9.17) is 0 Å². The van der Waals surface area contributed by atoms with Crippen LogP contribution in [0.15, 0.2) is 29.2 Å². The summed E-state index contributed by atoms with van der Waals surface area (Å²) in [5.74, 6) is -0.790. The third-order valence-corrected chi connectivity index (χ3v) is 4.91. The summed E-state index contributed by atoms with van der Waals surface area (Å²) in [5.41, 5.74) is 0. The highest BCUT2D eigenvalue weighted by Gasteiger charge is 2.31. The van der Waals surface area contributed by atoms with Gasteiger partial charge in [0.2, 0.25) is 15.9 Å². The number of ether oxygens (including phenoxy) is 1. The molecule has 1 aromatic carbocycles. The molecule has 2 rings (SSSR count). The van der Waals surface area contributed by atoms with Crippen molar-refractivity contribution in [3.63, 3.8) is 0 Å². The zero-order valence-electron chi connectivity index (χ0n) is 13.5. The number of hydrogen-bond acceptors (Lipinski definition) is 5. The van der Waals surface area contributed by atoms with E-state index in [0.717, 1.165) is 37.2 Å². The molecule has 7 nitrogen and oxygen atoms in total. The predicted molar refractivity (Wildman–Crippen MR) is 89.6 cm³/mol. The maximum absolute atomic E-state index is 12.1. The molecule has 1 aliphatic heterocycles. The van der Waals surface area contributed by atoms with Gasteiger partial charge in [-0.25, -0.2) is 13.1 Å². The molecule has 3 N–H and O–H groups in total. The second-order valence-corrected chi connectivity index (χ2v) is 7.19. The summed E-state index contributed by atoms with van der Waals surface area (Å²) in [6.45, 7) is 1.39. The normalized spacial score (nSPS) is 17.4. The minimum Gasteiger partial charge on any atom is -0.406 e. The van der Waals surface area contributed by atoms with Crippen LogP contribution in [0.5, 0.6) is 5.75 Å². The smallest absolute Gasteiger partial charge is 0.406 e. The Morgan fingerprint density at radius 1 is 1.27 bits per heavy atom. The van der Waals surface area contributed by atoms with Gasteiger partial charge in [0.05, 0.1) is 4.90 Å². The predicted octanol–water partition coefficient (Wildman–Crippen LogP) is 1.15. The van der Waals surface area contributed by atoms with Crippen molar-refractivity contribution in [2.45, 2.75) is 30.1 Å². The van der Waals surface area contributed by atoms with Gasteiger partial charge in [0.15, 0.2) is 0 Å². The van der Waals surface area contributed by atoms with Crippen molar-refractivity contribution < 1.29 is 31.1 Å². The van der Waals surface area contributed by atoms with Gasteiger partial charge in [-0.15, -0.1) is 25.6 Å². The molecule has 1 amide bonds. The molecular weight excluding hydrogens is 399 g/mol. The summed E-state index contributed by atoms with van der Waals surface area (Å²) in [6, 6.07) is 3.84. The Morgan fingerprint density at radius 3 is 2.46 bits per heavy atom. The third-order valence-electron chi connectivity index (χ3n) is 3.44. The number of carbonyl (C=O) groups excluding carboxylic acids is 1. The van der Waals surface area contributed by atoms with Crippen molar-refractivity contribution in [1.82, 2.24) is 15.4 Å². The number of halogens is 4. The van der Waals surface area contributed by atoms with E-state index in [9.17, 15) is 26.4 Å². The highest BCUT2D eigenvalue weighted by atomic mass is 35.5. The van der Waals surface area contributed by atoms with Crippen LogP contribution in [0.3, 0.4) is 0 Å². The molecule has 1 atom stereocenters. The van der Waals surface area contributed by atoms with Gasteiger partial charge in [0.25, 0.3) is 0 Å². The molecule has 26 heavy (non-hydrogen) atoms. The minimum absolute atomic E-state index is 0. The second-order valence-electron chi connectivity index (χ2n) is 5.42. The van der Waals surface area contributed by atoms with Crippen LogP contribution in [0.1, 0.15) is 12.8 Å². The number of hydrogen-bond donors (Lipinski definition) is 3. The Labute approximate surface area is 155 Å². The highest BCUT2D eigenvalue weighted by Crippen LogP contribution is 2.23. The molecule has 0 saturated carbocycles. The Morgan fingerprint density at radius 2 is 1.92 bits per heavy atom. The molecule has 1 aromatic rings. The van der Waals surface area contributed by atoms with Crippen molar-refractivity contribution in [3.05, 3.63) is 24.3 Å². The molecule has 148 valence electrons. The number of rotatable bonds is 7. The fourth-order valence-electron chi connectivity index (χ4n) is 2.28. The number of carbonyl (C=O) groups is 1. The molecule has 1 fully saturated rings. The molecule has 1 unspecified atom stereocenters.